The normalized spacial score (nSPS) is 13.3. The molecule has 3 aromatic heterocycles. The molecule has 10 aromatic rings. The number of aromatic nitrogens is 4. The molecule has 5 nitrogen and oxygen atoms in total. The van der Waals surface area contributed by atoms with Gasteiger partial charge in [0.1, 0.15) is 11.6 Å². The van der Waals surface area contributed by atoms with Crippen molar-refractivity contribution in [2.75, 3.05) is 4.90 Å². The second kappa shape index (κ2) is 14.3. The summed E-state index contributed by atoms with van der Waals surface area (Å²) in [6.07, 6.45) is 1.87. The minimum absolute atomic E-state index is 0. The molecule has 0 atom stereocenters. The van der Waals surface area contributed by atoms with Crippen LogP contribution in [0.25, 0.3) is 61.0 Å². The molecule has 0 spiro atoms. The fourth-order valence-electron chi connectivity index (χ4n) is 9.28. The Kier molecular flexibility index (Phi) is 9.00. The van der Waals surface area contributed by atoms with E-state index < -0.39 is 0 Å². The third-order valence-corrected chi connectivity index (χ3v) is 12.5. The molecule has 1 aliphatic heterocycles. The van der Waals surface area contributed by atoms with Gasteiger partial charge in [0, 0.05) is 28.6 Å². The summed E-state index contributed by atoms with van der Waals surface area (Å²) < 4.78 is 2.28. The molecule has 0 saturated heterocycles. The third-order valence-electron chi connectivity index (χ3n) is 12.5. The van der Waals surface area contributed by atoms with E-state index in [2.05, 4.69) is 201 Å². The molecule has 0 N–H and O–H groups in total. The maximum Gasteiger partial charge on any atom is 2.00 e. The van der Waals surface area contributed by atoms with Gasteiger partial charge in [-0.3, -0.25) is 4.57 Å². The van der Waals surface area contributed by atoms with Crippen LogP contribution < -0.4 is 9.88 Å². The maximum absolute atomic E-state index is 5.55. The van der Waals surface area contributed by atoms with Gasteiger partial charge in [0.05, 0.1) is 11.0 Å². The Morgan fingerprint density at radius 1 is 0.633 bits per heavy atom. The van der Waals surface area contributed by atoms with Crippen LogP contribution in [-0.4, -0.2) is 14.5 Å². The minimum Gasteiger partial charge on any atom is -0.656 e. The molecule has 6 heteroatoms. The van der Waals surface area contributed by atoms with Crippen LogP contribution >= 0.6 is 0 Å². The minimum atomic E-state index is -0.302. The number of imidazole rings is 1. The van der Waals surface area contributed by atoms with Crippen molar-refractivity contribution in [3.05, 3.63) is 204 Å². The average Bonchev–Trinajstić information content (AvgIpc) is 3.86. The van der Waals surface area contributed by atoms with Gasteiger partial charge in [0.25, 0.3) is 0 Å². The van der Waals surface area contributed by atoms with Crippen LogP contribution in [-0.2, 0) is 31.9 Å². The smallest absolute Gasteiger partial charge is 0.656 e. The molecule has 1 aliphatic rings. The number of anilines is 3. The average molecular weight is 955 g/mol. The Hall–Kier alpha value is -6.55. The fourth-order valence-corrected chi connectivity index (χ4v) is 9.28. The van der Waals surface area contributed by atoms with E-state index in [1.165, 1.54) is 22.3 Å². The van der Waals surface area contributed by atoms with Crippen molar-refractivity contribution in [2.45, 2.75) is 38.5 Å². The number of benzene rings is 7. The zero-order valence-corrected chi connectivity index (χ0v) is 36.1. The summed E-state index contributed by atoms with van der Waals surface area (Å²) in [6.45, 7) is 9.27. The SMILES string of the molecule is CC(C)(c1ccccc1)c1ccc2c(c1)N(c1ccccn1)c1[c-]c(-c3cccc4c3nc(-c3cccc5c3[n-]c3ccccc35)n4-c3ccccc3)ccc1C2(C)C.[Pt+2]. The molecule has 4 heterocycles. The summed E-state index contributed by atoms with van der Waals surface area (Å²) in [6, 6.07) is 64.2. The van der Waals surface area contributed by atoms with Crippen LogP contribution in [0, 0.1) is 6.07 Å². The summed E-state index contributed by atoms with van der Waals surface area (Å²) >= 11 is 0. The van der Waals surface area contributed by atoms with E-state index in [4.69, 9.17) is 15.0 Å². The zero-order chi connectivity index (χ0) is 39.9. The van der Waals surface area contributed by atoms with E-state index in [0.29, 0.717) is 0 Å². The molecule has 0 unspecified atom stereocenters. The molecular weight excluding hydrogens is 914 g/mol. The Balaban J connectivity index is 0.00000433. The van der Waals surface area contributed by atoms with E-state index >= 15 is 0 Å². The predicted octanol–water partition coefficient (Wildman–Crippen LogP) is 13.3. The molecule has 292 valence electrons. The van der Waals surface area contributed by atoms with Crippen molar-refractivity contribution in [1.29, 1.82) is 0 Å². The van der Waals surface area contributed by atoms with Crippen molar-refractivity contribution in [2.24, 2.45) is 0 Å². The van der Waals surface area contributed by atoms with Crippen LogP contribution in [0.2, 0.25) is 0 Å². The van der Waals surface area contributed by atoms with E-state index in [-0.39, 0.29) is 31.9 Å². The molecular formula is C54H41N5Pt. The van der Waals surface area contributed by atoms with Gasteiger partial charge < -0.3 is 9.88 Å². The number of rotatable bonds is 6. The van der Waals surface area contributed by atoms with Crippen LogP contribution in [0.4, 0.5) is 17.2 Å². The van der Waals surface area contributed by atoms with E-state index in [0.717, 1.165) is 78.2 Å². The second-order valence-electron chi connectivity index (χ2n) is 16.6. The Morgan fingerprint density at radius 3 is 2.13 bits per heavy atom. The van der Waals surface area contributed by atoms with Crippen LogP contribution in [0.5, 0.6) is 0 Å². The number of para-hydroxylation sites is 4. The summed E-state index contributed by atoms with van der Waals surface area (Å²) in [4.78, 5) is 18.0. The predicted molar refractivity (Wildman–Crippen MR) is 242 cm³/mol. The summed E-state index contributed by atoms with van der Waals surface area (Å²) in [7, 11) is 0. The Bertz CT molecular complexity index is 3220. The Morgan fingerprint density at radius 2 is 1.33 bits per heavy atom. The van der Waals surface area contributed by atoms with Gasteiger partial charge in [0.2, 0.25) is 0 Å². The Labute approximate surface area is 364 Å². The van der Waals surface area contributed by atoms with Gasteiger partial charge in [-0.1, -0.05) is 160 Å². The molecule has 11 rings (SSSR count). The first-order valence-corrected chi connectivity index (χ1v) is 20.3. The number of pyridine rings is 1. The fraction of sp³-hybridized carbons (Fsp3) is 0.111. The van der Waals surface area contributed by atoms with Crippen molar-refractivity contribution in [1.82, 2.24) is 19.5 Å². The first-order chi connectivity index (χ1) is 28.8. The molecule has 0 bridgehead atoms. The monoisotopic (exact) mass is 954 g/mol. The molecule has 0 aliphatic carbocycles. The van der Waals surface area contributed by atoms with Gasteiger partial charge in [0.15, 0.2) is 0 Å². The van der Waals surface area contributed by atoms with Crippen LogP contribution in [0.3, 0.4) is 0 Å². The third kappa shape index (κ3) is 5.78. The standard InChI is InChI=1S/C54H41N5.Pt/c1-53(2,36-17-7-5-8-18-36)37-29-31-44-48(34-37)59(49-27-13-14-32-55-49)47-33-35(28-30-43(47)54(44,3)4)39-22-16-26-46-51(39)57-52(58(46)38-19-9-6-10-20-38)42-24-15-23-41-40-21-11-12-25-45(40)56-50(41)42;/h5-32,34H,1-4H3;/q-2;+2. The van der Waals surface area contributed by atoms with E-state index in [1.54, 1.807) is 0 Å². The van der Waals surface area contributed by atoms with Crippen molar-refractivity contribution in [3.63, 3.8) is 0 Å². The van der Waals surface area contributed by atoms with E-state index in [1.807, 2.05) is 18.3 Å². The second-order valence-corrected chi connectivity index (χ2v) is 16.6. The number of nitrogens with zero attached hydrogens (tertiary/aromatic N) is 5. The van der Waals surface area contributed by atoms with Crippen molar-refractivity contribution < 1.29 is 21.1 Å². The largest absolute Gasteiger partial charge is 2.00 e. The van der Waals surface area contributed by atoms with Gasteiger partial charge in [-0.15, -0.1) is 34.8 Å². The summed E-state index contributed by atoms with van der Waals surface area (Å²) in [5, 5.41) is 2.27. The first kappa shape index (κ1) is 37.7. The molecule has 60 heavy (non-hydrogen) atoms. The summed E-state index contributed by atoms with van der Waals surface area (Å²) in [5.41, 5.74) is 14.4. The number of hydrogen-bond acceptors (Lipinski definition) is 3. The number of fused-ring (bicyclic) bond motifs is 6. The van der Waals surface area contributed by atoms with Crippen LogP contribution in [0.1, 0.15) is 49.9 Å². The topological polar surface area (TPSA) is 48.1 Å². The van der Waals surface area contributed by atoms with Gasteiger partial charge in [-0.05, 0) is 75.0 Å². The summed E-state index contributed by atoms with van der Waals surface area (Å²) in [5.74, 6) is 1.70. The molecule has 0 saturated carbocycles. The quantitative estimate of drug-likeness (QED) is 0.156. The zero-order valence-electron chi connectivity index (χ0n) is 33.8. The first-order valence-electron chi connectivity index (χ1n) is 20.3. The molecule has 7 aromatic carbocycles. The molecule has 0 fully saturated rings. The van der Waals surface area contributed by atoms with Gasteiger partial charge in [-0.2, -0.15) is 0 Å². The van der Waals surface area contributed by atoms with Crippen molar-refractivity contribution in [3.8, 4) is 28.2 Å². The van der Waals surface area contributed by atoms with E-state index in [9.17, 15) is 0 Å². The van der Waals surface area contributed by atoms with Crippen LogP contribution in [0.15, 0.2) is 176 Å². The van der Waals surface area contributed by atoms with Crippen molar-refractivity contribution >= 4 is 50.0 Å². The van der Waals surface area contributed by atoms with Gasteiger partial charge in [-0.25, -0.2) is 9.97 Å². The maximum atomic E-state index is 5.55. The number of hydrogen-bond donors (Lipinski definition) is 0. The molecule has 0 radical (unpaired) electrons. The van der Waals surface area contributed by atoms with Gasteiger partial charge >= 0.3 is 21.1 Å². The molecule has 0 amide bonds.